The molecule has 1 atom stereocenters. The summed E-state index contributed by atoms with van der Waals surface area (Å²) in [6.07, 6.45) is 0. The topological polar surface area (TPSA) is 183 Å². The van der Waals surface area contributed by atoms with Crippen molar-refractivity contribution in [2.45, 2.75) is 0 Å². The molecule has 0 fully saturated rings. The van der Waals surface area contributed by atoms with E-state index in [0.717, 1.165) is 7.11 Å². The third-order valence-corrected chi connectivity index (χ3v) is 1.28. The molecule has 0 aliphatic rings. The van der Waals surface area contributed by atoms with Gasteiger partial charge in [-0.3, -0.25) is 0 Å². The van der Waals surface area contributed by atoms with Crippen molar-refractivity contribution in [2.24, 2.45) is 0 Å². The van der Waals surface area contributed by atoms with E-state index in [0.29, 0.717) is 0 Å². The van der Waals surface area contributed by atoms with Gasteiger partial charge in [0.1, 0.15) is 0 Å². The molecule has 0 aromatic carbocycles. The van der Waals surface area contributed by atoms with Crippen LogP contribution in [-0.2, 0) is 159 Å². The summed E-state index contributed by atoms with van der Waals surface area (Å²) in [5.41, 5.74) is 0. The Morgan fingerprint density at radius 2 is 0.708 bits per heavy atom. The van der Waals surface area contributed by atoms with Crippen molar-refractivity contribution in [3.8, 4) is 0 Å². The Kier molecular flexibility index (Phi) is 256. The Bertz CT molecular complexity index is 111. The quantitative estimate of drug-likeness (QED) is 0.220. The average Bonchev–Trinajstić information content (AvgIpc) is 2.20. The molecule has 0 aliphatic heterocycles. The predicted molar refractivity (Wildman–Crippen MR) is 76.8 cm³/mol. The minimum atomic E-state index is -2.10. The summed E-state index contributed by atoms with van der Waals surface area (Å²) >= 11 is 0. The normalized spacial score (nSPS) is 6.88. The van der Waals surface area contributed by atoms with Gasteiger partial charge < -0.3 is 44.7 Å². The van der Waals surface area contributed by atoms with Crippen molar-refractivity contribution in [2.75, 3.05) is 41.3 Å². The number of rotatable bonds is 2. The van der Waals surface area contributed by atoms with Gasteiger partial charge in [0.2, 0.25) is 0 Å². The van der Waals surface area contributed by atoms with E-state index in [1.165, 1.54) is 14.2 Å². The first-order valence-electron chi connectivity index (χ1n) is 3.77. The maximum absolute atomic E-state index is 8.20. The smallest absolute Gasteiger partial charge is 0.326 e. The zero-order valence-electron chi connectivity index (χ0n) is 14.2. The maximum atomic E-state index is 8.20. The van der Waals surface area contributed by atoms with E-state index in [1.54, 1.807) is 20.0 Å². The van der Waals surface area contributed by atoms with Crippen LogP contribution in [0.4, 0.5) is 0 Å². The molecule has 0 saturated carbocycles. The molecule has 0 rings (SSSR count). The Labute approximate surface area is 256 Å². The van der Waals surface area contributed by atoms with Gasteiger partial charge in [0.25, 0.3) is 0 Å². The molecule has 9 N–H and O–H groups in total. The van der Waals surface area contributed by atoms with Crippen molar-refractivity contribution in [1.82, 2.24) is 0 Å². The molecule has 0 aromatic rings. The number of aliphatic hydroxyl groups excluding tert-OH is 1. The van der Waals surface area contributed by atoms with E-state index in [4.69, 9.17) is 24.7 Å². The summed E-state index contributed by atoms with van der Waals surface area (Å²) in [5, 5.41) is 7.00. The fraction of sp³-hybridized carbons (Fsp3) is 1.00. The fourth-order valence-electron chi connectivity index (χ4n) is 0. The second-order valence-electron chi connectivity index (χ2n) is 1.93. The first-order valence-corrected chi connectivity index (χ1v) is 8.78. The standard InChI is InChI=1S/C2H7O2P.C2H7OP.CH5O3P.CH4O.2H2O.4W.2Y/c1-4-5(2)3;1-4(2)3;1-4-5(2)3;1-2;;;;;;;;/h3H,1-2H3;3H,1-2H3;2-3H,1H3;2H,1H3;2*1H2;;;;;;. The van der Waals surface area contributed by atoms with Crippen LogP contribution in [0, 0.1) is 0 Å². The molecule has 0 spiro atoms. The van der Waals surface area contributed by atoms with Crippen molar-refractivity contribution in [3.63, 3.8) is 0 Å². The van der Waals surface area contributed by atoms with Gasteiger partial charge in [-0.2, -0.15) is 0 Å². The van der Waals surface area contributed by atoms with Crippen LogP contribution in [0.3, 0.4) is 0 Å². The van der Waals surface area contributed by atoms with Crippen LogP contribution in [0.15, 0.2) is 0 Å². The molecule has 0 bridgehead atoms. The van der Waals surface area contributed by atoms with Gasteiger partial charge in [-0.25, -0.2) is 0 Å². The van der Waals surface area contributed by atoms with Crippen LogP contribution >= 0.6 is 25.1 Å². The SMILES string of the molecule is CO.COP(C)O.COP(O)O.CP(C)O.O.O.[W].[W].[W].[W].[Y].[Y]. The average molecular weight is 1250 g/mol. The molecule has 150 valence electrons. The first-order chi connectivity index (χ1) is 7.27. The third-order valence-electron chi connectivity index (χ3n) is 0.428. The molecular formula is C6H27O9P3W4Y2. The molecule has 0 aromatic heterocycles. The van der Waals surface area contributed by atoms with Crippen LogP contribution in [0.5, 0.6) is 0 Å². The molecule has 0 aliphatic carbocycles. The van der Waals surface area contributed by atoms with Gasteiger partial charge in [-0.05, 0) is 13.3 Å². The van der Waals surface area contributed by atoms with E-state index < -0.39 is 25.1 Å². The van der Waals surface area contributed by atoms with Gasteiger partial charge in [-0.15, -0.1) is 0 Å². The molecule has 1 unspecified atom stereocenters. The molecule has 0 heterocycles. The second-order valence-corrected chi connectivity index (χ2v) is 5.79. The zero-order valence-corrected chi connectivity index (χ0v) is 34.3. The Morgan fingerprint density at radius 3 is 0.708 bits per heavy atom. The fourth-order valence-corrected chi connectivity index (χ4v) is 0. The van der Waals surface area contributed by atoms with E-state index in [-0.39, 0.29) is 161 Å². The van der Waals surface area contributed by atoms with E-state index in [1.807, 2.05) is 0 Å². The van der Waals surface area contributed by atoms with Crippen molar-refractivity contribution in [1.29, 1.82) is 0 Å². The minimum Gasteiger partial charge on any atom is -0.412 e. The number of aliphatic hydroxyl groups is 1. The van der Waals surface area contributed by atoms with E-state index in [9.17, 15) is 0 Å². The second kappa shape index (κ2) is 78.8. The molecule has 0 saturated heterocycles. The summed E-state index contributed by atoms with van der Waals surface area (Å²) in [7, 11) is -0.111. The summed E-state index contributed by atoms with van der Waals surface area (Å²) < 4.78 is 8.30. The van der Waals surface area contributed by atoms with Crippen molar-refractivity contribution < 1.29 is 194 Å². The molecular weight excluding hydrogens is 1220 g/mol. The van der Waals surface area contributed by atoms with Gasteiger partial charge in [0, 0.05) is 186 Å². The summed E-state index contributed by atoms with van der Waals surface area (Å²) in [6.45, 7) is 5.19. The monoisotopic (exact) mass is 1250 g/mol. The van der Waals surface area contributed by atoms with E-state index in [2.05, 4.69) is 9.05 Å². The van der Waals surface area contributed by atoms with Crippen molar-refractivity contribution in [3.05, 3.63) is 0 Å². The third kappa shape index (κ3) is 206. The van der Waals surface area contributed by atoms with Crippen molar-refractivity contribution >= 4 is 25.1 Å². The van der Waals surface area contributed by atoms with Gasteiger partial charge in [0.05, 0.1) is 0 Å². The maximum Gasteiger partial charge on any atom is 0.326 e. The molecule has 24 heavy (non-hydrogen) atoms. The van der Waals surface area contributed by atoms with Gasteiger partial charge in [-0.1, -0.05) is 0 Å². The molecule has 9 nitrogen and oxygen atoms in total. The largest absolute Gasteiger partial charge is 0.412 e. The van der Waals surface area contributed by atoms with Crippen LogP contribution < -0.4 is 0 Å². The zero-order chi connectivity index (χ0) is 14.1. The summed E-state index contributed by atoms with van der Waals surface area (Å²) in [4.78, 5) is 31.8. The Hall–Kier alpha value is 5.89. The summed E-state index contributed by atoms with van der Waals surface area (Å²) in [6, 6.07) is 0. The van der Waals surface area contributed by atoms with E-state index >= 15 is 0 Å². The molecule has 0 amide bonds. The molecule has 18 heteroatoms. The first kappa shape index (κ1) is 77.9. The van der Waals surface area contributed by atoms with Crippen LogP contribution in [0.1, 0.15) is 0 Å². The molecule has 2 radical (unpaired) electrons. The minimum absolute atomic E-state index is 0. The van der Waals surface area contributed by atoms with Gasteiger partial charge in [0.15, 0.2) is 8.38 Å². The summed E-state index contributed by atoms with van der Waals surface area (Å²) in [5.74, 6) is 0. The predicted octanol–water partition coefficient (Wildman–Crippen LogP) is -1.01. The number of hydrogen-bond acceptors (Lipinski definition) is 7. The van der Waals surface area contributed by atoms with Gasteiger partial charge >= 0.3 is 8.60 Å². The van der Waals surface area contributed by atoms with Crippen LogP contribution in [0.2, 0.25) is 0 Å². The van der Waals surface area contributed by atoms with Crippen LogP contribution in [0.25, 0.3) is 0 Å². The Balaban J connectivity index is -0.00000000740. The Morgan fingerprint density at radius 1 is 0.625 bits per heavy atom. The number of hydrogen-bond donors (Lipinski definition) is 5. The van der Waals surface area contributed by atoms with Crippen LogP contribution in [-0.4, -0.2) is 77.0 Å².